The van der Waals surface area contributed by atoms with Gasteiger partial charge in [0.2, 0.25) is 5.91 Å². The zero-order valence-corrected chi connectivity index (χ0v) is 17.6. The second kappa shape index (κ2) is 9.61. The molecule has 2 saturated heterocycles. The largest absolute Gasteiger partial charge is 0.357 e. The first-order valence-electron chi connectivity index (χ1n) is 10.8. The zero-order chi connectivity index (χ0) is 20.8. The van der Waals surface area contributed by atoms with Crippen LogP contribution in [0, 0.1) is 0 Å². The molecule has 1 atom stereocenters. The quantitative estimate of drug-likeness (QED) is 0.570. The predicted octanol–water partition coefficient (Wildman–Crippen LogP) is 2.54. The highest BCUT2D eigenvalue weighted by Crippen LogP contribution is 2.21. The molecule has 2 N–H and O–H groups in total. The van der Waals surface area contributed by atoms with Crippen molar-refractivity contribution in [1.29, 1.82) is 0 Å². The van der Waals surface area contributed by atoms with Crippen molar-refractivity contribution in [3.63, 3.8) is 0 Å². The molecule has 1 unspecified atom stereocenters. The smallest absolute Gasteiger partial charge is 0.229 e. The van der Waals surface area contributed by atoms with Crippen molar-refractivity contribution in [3.05, 3.63) is 54.2 Å². The number of benzene rings is 1. The summed E-state index contributed by atoms with van der Waals surface area (Å²) in [6.07, 6.45) is 4.80. The maximum absolute atomic E-state index is 12.5. The Morgan fingerprint density at radius 2 is 2.00 bits per heavy atom. The Labute approximate surface area is 178 Å². The molecule has 2 fully saturated rings. The third kappa shape index (κ3) is 4.90. The van der Waals surface area contributed by atoms with Gasteiger partial charge in [0.15, 0.2) is 5.96 Å². The van der Waals surface area contributed by atoms with Crippen molar-refractivity contribution in [3.8, 4) is 0 Å². The van der Waals surface area contributed by atoms with E-state index in [4.69, 9.17) is 4.99 Å². The Morgan fingerprint density at radius 1 is 1.20 bits per heavy atom. The summed E-state index contributed by atoms with van der Waals surface area (Å²) in [4.78, 5) is 25.9. The highest BCUT2D eigenvalue weighted by atomic mass is 16.2. The first kappa shape index (κ1) is 20.2. The molecule has 4 rings (SSSR count). The molecular formula is C23H30N6O. The lowest BCUT2D eigenvalue weighted by Gasteiger charge is -2.19. The van der Waals surface area contributed by atoms with Crippen LogP contribution in [0.25, 0.3) is 0 Å². The number of nitrogens with one attached hydrogen (secondary N) is 2. The van der Waals surface area contributed by atoms with E-state index in [2.05, 4.69) is 26.6 Å². The summed E-state index contributed by atoms with van der Waals surface area (Å²) in [5, 5.41) is 6.74. The van der Waals surface area contributed by atoms with Gasteiger partial charge < -0.3 is 20.4 Å². The van der Waals surface area contributed by atoms with Crippen LogP contribution >= 0.6 is 0 Å². The molecule has 2 aromatic rings. The molecule has 7 nitrogen and oxygen atoms in total. The summed E-state index contributed by atoms with van der Waals surface area (Å²) in [5.74, 6) is 1.92. The van der Waals surface area contributed by atoms with Crippen molar-refractivity contribution in [2.45, 2.75) is 38.8 Å². The maximum atomic E-state index is 12.5. The fourth-order valence-corrected chi connectivity index (χ4v) is 4.02. The number of carbonyl (C=O) groups excluding carboxylic acids is 1. The first-order chi connectivity index (χ1) is 14.7. The Bertz CT molecular complexity index is 878. The van der Waals surface area contributed by atoms with Crippen molar-refractivity contribution < 1.29 is 4.79 Å². The van der Waals surface area contributed by atoms with Gasteiger partial charge >= 0.3 is 0 Å². The van der Waals surface area contributed by atoms with Crippen LogP contribution in [0.1, 0.15) is 31.7 Å². The third-order valence-corrected chi connectivity index (χ3v) is 5.54. The maximum Gasteiger partial charge on any atom is 0.229 e. The summed E-state index contributed by atoms with van der Waals surface area (Å²) in [5.41, 5.74) is 2.08. The number of pyridine rings is 1. The minimum atomic E-state index is 0.0353. The standard InChI is InChI=1S/C23H30N6O/c1-2-24-23(26-16-18-10-11-25-21(14-18)28-12-6-7-13-28)27-19-15-22(30)29(17-19)20-8-4-3-5-9-20/h3-5,8-11,14,19H,2,6-7,12-13,15-17H2,1H3,(H2,24,26,27). The topological polar surface area (TPSA) is 72.9 Å². The molecule has 0 bridgehead atoms. The van der Waals surface area contributed by atoms with Gasteiger partial charge in [-0.15, -0.1) is 0 Å². The molecule has 0 aliphatic carbocycles. The Balaban J connectivity index is 1.40. The molecular weight excluding hydrogens is 376 g/mol. The van der Waals surface area contributed by atoms with Gasteiger partial charge in [0.25, 0.3) is 0 Å². The molecule has 1 aromatic carbocycles. The van der Waals surface area contributed by atoms with Crippen LogP contribution in [0.2, 0.25) is 0 Å². The van der Waals surface area contributed by atoms with Crippen LogP contribution in [-0.2, 0) is 11.3 Å². The summed E-state index contributed by atoms with van der Waals surface area (Å²) in [6, 6.07) is 14.0. The van der Waals surface area contributed by atoms with Gasteiger partial charge in [-0.3, -0.25) is 4.79 Å². The molecule has 0 radical (unpaired) electrons. The van der Waals surface area contributed by atoms with E-state index in [9.17, 15) is 4.79 Å². The molecule has 30 heavy (non-hydrogen) atoms. The number of anilines is 2. The summed E-state index contributed by atoms with van der Waals surface area (Å²) >= 11 is 0. The van der Waals surface area contributed by atoms with E-state index >= 15 is 0 Å². The van der Waals surface area contributed by atoms with Crippen molar-refractivity contribution in [1.82, 2.24) is 15.6 Å². The van der Waals surface area contributed by atoms with Crippen molar-refractivity contribution >= 4 is 23.4 Å². The lowest BCUT2D eigenvalue weighted by molar-refractivity contribution is -0.117. The normalized spacial score (nSPS) is 19.4. The number of para-hydroxylation sites is 1. The molecule has 2 aliphatic rings. The predicted molar refractivity (Wildman–Crippen MR) is 121 cm³/mol. The van der Waals surface area contributed by atoms with Crippen LogP contribution in [0.5, 0.6) is 0 Å². The van der Waals surface area contributed by atoms with Gasteiger partial charge in [-0.05, 0) is 49.6 Å². The molecule has 158 valence electrons. The Morgan fingerprint density at radius 3 is 2.77 bits per heavy atom. The monoisotopic (exact) mass is 406 g/mol. The molecule has 2 aliphatic heterocycles. The van der Waals surface area contributed by atoms with Gasteiger partial charge in [0.1, 0.15) is 5.82 Å². The molecule has 7 heteroatoms. The highest BCUT2D eigenvalue weighted by Gasteiger charge is 2.31. The summed E-state index contributed by atoms with van der Waals surface area (Å²) in [7, 11) is 0. The van der Waals surface area contributed by atoms with Crippen LogP contribution in [0.15, 0.2) is 53.7 Å². The number of guanidine groups is 1. The number of aromatic nitrogens is 1. The molecule has 3 heterocycles. The number of rotatable bonds is 6. The average molecular weight is 407 g/mol. The third-order valence-electron chi connectivity index (χ3n) is 5.54. The van der Waals surface area contributed by atoms with Crippen LogP contribution < -0.4 is 20.4 Å². The lowest BCUT2D eigenvalue weighted by Crippen LogP contribution is -2.44. The summed E-state index contributed by atoms with van der Waals surface area (Å²) in [6.45, 7) is 6.19. The van der Waals surface area contributed by atoms with Crippen LogP contribution in [-0.4, -0.2) is 49.1 Å². The van der Waals surface area contributed by atoms with Gasteiger partial charge in [0, 0.05) is 44.5 Å². The van der Waals surface area contributed by atoms with Crippen LogP contribution in [0.4, 0.5) is 11.5 Å². The van der Waals surface area contributed by atoms with E-state index in [1.54, 1.807) is 0 Å². The Hall–Kier alpha value is -3.09. The minimum absolute atomic E-state index is 0.0353. The van der Waals surface area contributed by atoms with E-state index in [1.165, 1.54) is 12.8 Å². The zero-order valence-electron chi connectivity index (χ0n) is 17.6. The molecule has 0 saturated carbocycles. The van der Waals surface area contributed by atoms with E-state index in [1.807, 2.05) is 54.4 Å². The van der Waals surface area contributed by atoms with E-state index < -0.39 is 0 Å². The number of amides is 1. The first-order valence-corrected chi connectivity index (χ1v) is 10.8. The SMILES string of the molecule is CCNC(=NCc1ccnc(N2CCCC2)c1)NC1CC(=O)N(c2ccccc2)C1. The van der Waals surface area contributed by atoms with E-state index in [0.717, 1.165) is 42.7 Å². The highest BCUT2D eigenvalue weighted by molar-refractivity contribution is 5.97. The van der Waals surface area contributed by atoms with Crippen LogP contribution in [0.3, 0.4) is 0 Å². The van der Waals surface area contributed by atoms with Crippen molar-refractivity contribution in [2.75, 3.05) is 36.0 Å². The molecule has 1 amide bonds. The second-order valence-corrected chi connectivity index (χ2v) is 7.80. The average Bonchev–Trinajstić information content (AvgIpc) is 3.43. The number of hydrogen-bond acceptors (Lipinski definition) is 4. The fourth-order valence-electron chi connectivity index (χ4n) is 4.02. The van der Waals surface area contributed by atoms with E-state index in [-0.39, 0.29) is 11.9 Å². The number of hydrogen-bond donors (Lipinski definition) is 2. The minimum Gasteiger partial charge on any atom is -0.357 e. The second-order valence-electron chi connectivity index (χ2n) is 7.80. The van der Waals surface area contributed by atoms with Gasteiger partial charge in [-0.25, -0.2) is 9.98 Å². The number of aliphatic imine (C=N–C) groups is 1. The number of carbonyl (C=O) groups is 1. The molecule has 0 spiro atoms. The van der Waals surface area contributed by atoms with Gasteiger partial charge in [-0.2, -0.15) is 0 Å². The van der Waals surface area contributed by atoms with Crippen molar-refractivity contribution in [2.24, 2.45) is 4.99 Å². The van der Waals surface area contributed by atoms with E-state index in [0.29, 0.717) is 19.5 Å². The summed E-state index contributed by atoms with van der Waals surface area (Å²) < 4.78 is 0. The van der Waals surface area contributed by atoms with Gasteiger partial charge in [-0.1, -0.05) is 18.2 Å². The Kier molecular flexibility index (Phi) is 6.47. The fraction of sp³-hybridized carbons (Fsp3) is 0.435. The lowest BCUT2D eigenvalue weighted by atomic mass is 10.2. The number of nitrogens with zero attached hydrogens (tertiary/aromatic N) is 4. The van der Waals surface area contributed by atoms with Gasteiger partial charge in [0.05, 0.1) is 12.6 Å². The molecule has 1 aromatic heterocycles.